The second-order valence-corrected chi connectivity index (χ2v) is 3.67. The molecule has 0 saturated heterocycles. The van der Waals surface area contributed by atoms with E-state index in [1.54, 1.807) is 0 Å². The minimum absolute atomic E-state index is 0.670. The van der Waals surface area contributed by atoms with Gasteiger partial charge in [-0.05, 0) is 37.5 Å². The predicted molar refractivity (Wildman–Crippen MR) is 55.1 cm³/mol. The summed E-state index contributed by atoms with van der Waals surface area (Å²) in [5.74, 6) is 0. The Labute approximate surface area is 82.5 Å². The Kier molecular flexibility index (Phi) is 2.55. The van der Waals surface area contributed by atoms with E-state index >= 15 is 0 Å². The SMILES string of the molecule is Cc1c(N)c(C)c(Cl)c(C)c1Cl. The van der Waals surface area contributed by atoms with Crippen LogP contribution < -0.4 is 5.73 Å². The van der Waals surface area contributed by atoms with E-state index in [0.717, 1.165) is 16.7 Å². The van der Waals surface area contributed by atoms with Crippen molar-refractivity contribution in [2.75, 3.05) is 5.73 Å². The average Bonchev–Trinajstić information content (AvgIpc) is 2.08. The van der Waals surface area contributed by atoms with Crippen molar-refractivity contribution < 1.29 is 0 Å². The highest BCUT2D eigenvalue weighted by atomic mass is 35.5. The van der Waals surface area contributed by atoms with Crippen LogP contribution in [0.15, 0.2) is 0 Å². The number of anilines is 1. The number of nitrogen functional groups attached to an aromatic ring is 1. The average molecular weight is 204 g/mol. The normalized spacial score (nSPS) is 10.4. The topological polar surface area (TPSA) is 26.0 Å². The minimum Gasteiger partial charge on any atom is -0.398 e. The van der Waals surface area contributed by atoms with Gasteiger partial charge in [-0.25, -0.2) is 0 Å². The van der Waals surface area contributed by atoms with Crippen LogP contribution in [-0.4, -0.2) is 0 Å². The quantitative estimate of drug-likeness (QED) is 0.643. The summed E-state index contributed by atoms with van der Waals surface area (Å²) in [5, 5.41) is 1.34. The number of benzene rings is 1. The van der Waals surface area contributed by atoms with E-state index in [2.05, 4.69) is 0 Å². The number of hydrogen-bond donors (Lipinski definition) is 1. The smallest absolute Gasteiger partial charge is 0.0499 e. The van der Waals surface area contributed by atoms with Crippen molar-refractivity contribution in [2.45, 2.75) is 20.8 Å². The molecule has 0 fully saturated rings. The standard InChI is InChI=1S/C9H11Cl2N/c1-4-7(10)5(2)9(12)6(3)8(4)11/h12H2,1-3H3. The molecule has 1 aromatic rings. The molecular weight excluding hydrogens is 193 g/mol. The third-order valence-electron chi connectivity index (χ3n) is 2.12. The second-order valence-electron chi connectivity index (χ2n) is 2.92. The maximum absolute atomic E-state index is 6.00. The zero-order valence-electron chi connectivity index (χ0n) is 7.33. The molecule has 0 saturated carbocycles. The van der Waals surface area contributed by atoms with E-state index in [9.17, 15) is 0 Å². The minimum atomic E-state index is 0.670. The number of halogens is 2. The first-order valence-corrected chi connectivity index (χ1v) is 4.42. The first-order chi connectivity index (χ1) is 5.46. The van der Waals surface area contributed by atoms with Gasteiger partial charge in [0.05, 0.1) is 0 Å². The highest BCUT2D eigenvalue weighted by molar-refractivity contribution is 6.37. The summed E-state index contributed by atoms with van der Waals surface area (Å²) in [6.45, 7) is 5.69. The van der Waals surface area contributed by atoms with Gasteiger partial charge in [-0.3, -0.25) is 0 Å². The highest BCUT2D eigenvalue weighted by Crippen LogP contribution is 2.35. The lowest BCUT2D eigenvalue weighted by molar-refractivity contribution is 1.33. The Morgan fingerprint density at radius 1 is 0.833 bits per heavy atom. The van der Waals surface area contributed by atoms with Crippen molar-refractivity contribution in [3.8, 4) is 0 Å². The van der Waals surface area contributed by atoms with Crippen LogP contribution in [0.4, 0.5) is 5.69 Å². The van der Waals surface area contributed by atoms with E-state index < -0.39 is 0 Å². The molecule has 2 N–H and O–H groups in total. The van der Waals surface area contributed by atoms with Crippen LogP contribution in [0.25, 0.3) is 0 Å². The van der Waals surface area contributed by atoms with E-state index in [-0.39, 0.29) is 0 Å². The van der Waals surface area contributed by atoms with Crippen LogP contribution in [0, 0.1) is 20.8 Å². The zero-order chi connectivity index (χ0) is 9.46. The molecule has 0 aliphatic carbocycles. The molecule has 0 aromatic heterocycles. The molecule has 0 aliphatic rings. The fraction of sp³-hybridized carbons (Fsp3) is 0.333. The van der Waals surface area contributed by atoms with Gasteiger partial charge in [0.1, 0.15) is 0 Å². The van der Waals surface area contributed by atoms with Gasteiger partial charge in [0.15, 0.2) is 0 Å². The Bertz CT molecular complexity index is 227. The monoisotopic (exact) mass is 203 g/mol. The lowest BCUT2D eigenvalue weighted by Gasteiger charge is -2.12. The van der Waals surface area contributed by atoms with Crippen molar-refractivity contribution in [1.82, 2.24) is 0 Å². The molecule has 0 radical (unpaired) electrons. The molecule has 0 atom stereocenters. The second kappa shape index (κ2) is 3.15. The van der Waals surface area contributed by atoms with Crippen LogP contribution in [-0.2, 0) is 0 Å². The van der Waals surface area contributed by atoms with E-state index in [0.29, 0.717) is 15.7 Å². The number of nitrogens with two attached hydrogens (primary N) is 1. The number of hydrogen-bond acceptors (Lipinski definition) is 1. The van der Waals surface area contributed by atoms with E-state index in [4.69, 9.17) is 28.9 Å². The summed E-state index contributed by atoms with van der Waals surface area (Å²) in [6.07, 6.45) is 0. The lowest BCUT2D eigenvalue weighted by Crippen LogP contribution is -1.97. The maximum atomic E-state index is 6.00. The van der Waals surface area contributed by atoms with E-state index in [1.807, 2.05) is 20.8 Å². The van der Waals surface area contributed by atoms with E-state index in [1.165, 1.54) is 0 Å². The van der Waals surface area contributed by atoms with Gasteiger partial charge in [-0.2, -0.15) is 0 Å². The third-order valence-corrected chi connectivity index (χ3v) is 3.26. The summed E-state index contributed by atoms with van der Waals surface area (Å²) in [4.78, 5) is 0. The highest BCUT2D eigenvalue weighted by Gasteiger charge is 2.11. The molecule has 0 spiro atoms. The first kappa shape index (κ1) is 9.69. The molecule has 0 heterocycles. The summed E-state index contributed by atoms with van der Waals surface area (Å²) in [5.41, 5.74) is 9.21. The summed E-state index contributed by atoms with van der Waals surface area (Å²) in [6, 6.07) is 0. The summed E-state index contributed by atoms with van der Waals surface area (Å²) in [7, 11) is 0. The van der Waals surface area contributed by atoms with Gasteiger partial charge in [-0.15, -0.1) is 0 Å². The Hall–Kier alpha value is -0.400. The van der Waals surface area contributed by atoms with Crippen LogP contribution in [0.5, 0.6) is 0 Å². The van der Waals surface area contributed by atoms with Crippen molar-refractivity contribution in [1.29, 1.82) is 0 Å². The first-order valence-electron chi connectivity index (χ1n) is 3.67. The maximum Gasteiger partial charge on any atom is 0.0499 e. The molecule has 1 rings (SSSR count). The molecule has 0 bridgehead atoms. The molecule has 3 heteroatoms. The fourth-order valence-corrected chi connectivity index (χ4v) is 1.62. The molecular formula is C9H11Cl2N. The van der Waals surface area contributed by atoms with Crippen molar-refractivity contribution in [3.63, 3.8) is 0 Å². The summed E-state index contributed by atoms with van der Waals surface area (Å²) < 4.78 is 0. The van der Waals surface area contributed by atoms with Gasteiger partial charge in [-0.1, -0.05) is 23.2 Å². The van der Waals surface area contributed by atoms with Gasteiger partial charge >= 0.3 is 0 Å². The third kappa shape index (κ3) is 1.27. The molecule has 66 valence electrons. The van der Waals surface area contributed by atoms with Gasteiger partial charge in [0, 0.05) is 15.7 Å². The Morgan fingerprint density at radius 3 is 1.50 bits per heavy atom. The predicted octanol–water partition coefficient (Wildman–Crippen LogP) is 3.50. The largest absolute Gasteiger partial charge is 0.398 e. The summed E-state index contributed by atoms with van der Waals surface area (Å²) >= 11 is 12.0. The van der Waals surface area contributed by atoms with Gasteiger partial charge < -0.3 is 5.73 Å². The molecule has 1 aromatic carbocycles. The zero-order valence-corrected chi connectivity index (χ0v) is 8.85. The Balaban J connectivity index is 3.60. The van der Waals surface area contributed by atoms with Gasteiger partial charge in [0.25, 0.3) is 0 Å². The fourth-order valence-electron chi connectivity index (χ4n) is 1.18. The van der Waals surface area contributed by atoms with Crippen LogP contribution in [0.3, 0.4) is 0 Å². The van der Waals surface area contributed by atoms with Crippen molar-refractivity contribution >= 4 is 28.9 Å². The van der Waals surface area contributed by atoms with Crippen LogP contribution in [0.2, 0.25) is 10.0 Å². The lowest BCUT2D eigenvalue weighted by atomic mass is 10.1. The van der Waals surface area contributed by atoms with Crippen molar-refractivity contribution in [3.05, 3.63) is 26.7 Å². The number of rotatable bonds is 0. The Morgan fingerprint density at radius 2 is 1.17 bits per heavy atom. The molecule has 0 amide bonds. The van der Waals surface area contributed by atoms with Crippen LogP contribution in [0.1, 0.15) is 16.7 Å². The molecule has 0 aliphatic heterocycles. The molecule has 0 unspecified atom stereocenters. The van der Waals surface area contributed by atoms with Crippen molar-refractivity contribution in [2.24, 2.45) is 0 Å². The molecule has 12 heavy (non-hydrogen) atoms. The van der Waals surface area contributed by atoms with Crippen LogP contribution >= 0.6 is 23.2 Å². The molecule has 1 nitrogen and oxygen atoms in total. The van der Waals surface area contributed by atoms with Gasteiger partial charge in [0.2, 0.25) is 0 Å².